The summed E-state index contributed by atoms with van der Waals surface area (Å²) in [6.45, 7) is -1.51. The molecule has 2 aromatic rings. The van der Waals surface area contributed by atoms with Gasteiger partial charge in [-0.1, -0.05) is 40.9 Å². The Morgan fingerprint density at radius 3 is 2.26 bits per heavy atom. The molecule has 1 atom stereocenters. The van der Waals surface area contributed by atoms with Gasteiger partial charge in [0, 0.05) is 11.3 Å². The van der Waals surface area contributed by atoms with E-state index in [4.69, 9.17) is 34.8 Å². The fourth-order valence-corrected chi connectivity index (χ4v) is 5.37. The normalized spacial score (nSPS) is 18.7. The average Bonchev–Trinajstić information content (AvgIpc) is 3.21. The smallest absolute Gasteiger partial charge is 0.343 e. The quantitative estimate of drug-likeness (QED) is 0.169. The van der Waals surface area contributed by atoms with Crippen molar-refractivity contribution < 1.29 is 31.1 Å². The fraction of sp³-hybridized carbons (Fsp3) is 0.300. The number of hydrogen-bond acceptors (Lipinski definition) is 4. The molecule has 1 amide bonds. The number of nitrogens with zero attached hydrogens (tertiary/aromatic N) is 1. The first kappa shape index (κ1) is 27.3. The van der Waals surface area contributed by atoms with E-state index in [0.29, 0.717) is 17.5 Å². The largest absolute Gasteiger partial charge is 0.409 e. The summed E-state index contributed by atoms with van der Waals surface area (Å²) in [5.74, 6) is -0.953. The SMILES string of the molecule is CSc1cc(C2=NSC(c3cc(Cl)c(Cl)c(Cl)c3)(C(F)(F)F)C2)ccc1C(=O)NCC(F)(F)F. The summed E-state index contributed by atoms with van der Waals surface area (Å²) in [4.78, 5) is 12.5. The van der Waals surface area contributed by atoms with Crippen molar-refractivity contribution in [2.45, 2.75) is 28.4 Å². The van der Waals surface area contributed by atoms with Crippen LogP contribution in [0.2, 0.25) is 15.1 Å². The first-order chi connectivity index (χ1) is 15.7. The first-order valence-electron chi connectivity index (χ1n) is 9.18. The summed E-state index contributed by atoms with van der Waals surface area (Å²) >= 11 is 19.2. The Morgan fingerprint density at radius 2 is 1.74 bits per heavy atom. The highest BCUT2D eigenvalue weighted by Gasteiger charge is 2.60. The van der Waals surface area contributed by atoms with Crippen LogP contribution >= 0.6 is 58.5 Å². The van der Waals surface area contributed by atoms with E-state index in [9.17, 15) is 31.1 Å². The van der Waals surface area contributed by atoms with Crippen LogP contribution in [0.3, 0.4) is 0 Å². The van der Waals surface area contributed by atoms with E-state index < -0.39 is 36.0 Å². The molecule has 1 N–H and O–H groups in total. The summed E-state index contributed by atoms with van der Waals surface area (Å²) in [6, 6.07) is 6.20. The average molecular weight is 582 g/mol. The molecule has 1 unspecified atom stereocenters. The van der Waals surface area contributed by atoms with Crippen LogP contribution in [-0.4, -0.2) is 36.8 Å². The fourth-order valence-electron chi connectivity index (χ4n) is 3.18. The number of carbonyl (C=O) groups excluding carboxylic acids is 1. The maximum atomic E-state index is 14.3. The molecule has 0 aromatic heterocycles. The Bertz CT molecular complexity index is 1130. The Labute approximate surface area is 213 Å². The minimum atomic E-state index is -4.75. The van der Waals surface area contributed by atoms with Crippen LogP contribution in [0.1, 0.15) is 27.9 Å². The Hall–Kier alpha value is -1.27. The number of benzene rings is 2. The van der Waals surface area contributed by atoms with Crippen molar-refractivity contribution in [3.63, 3.8) is 0 Å². The zero-order chi connectivity index (χ0) is 25.5. The molecule has 0 fully saturated rings. The molecule has 0 saturated heterocycles. The van der Waals surface area contributed by atoms with Crippen molar-refractivity contribution in [1.29, 1.82) is 0 Å². The second-order valence-corrected chi connectivity index (χ2v) is 10.2. The maximum absolute atomic E-state index is 14.3. The number of halogens is 9. The van der Waals surface area contributed by atoms with Crippen LogP contribution < -0.4 is 5.32 Å². The van der Waals surface area contributed by atoms with Crippen LogP contribution in [0.4, 0.5) is 26.3 Å². The van der Waals surface area contributed by atoms with E-state index in [1.165, 1.54) is 18.2 Å². The van der Waals surface area contributed by atoms with Crippen molar-refractivity contribution in [1.82, 2.24) is 5.32 Å². The number of amides is 1. The minimum absolute atomic E-state index is 0.0369. The molecule has 34 heavy (non-hydrogen) atoms. The molecule has 1 heterocycles. The van der Waals surface area contributed by atoms with Crippen LogP contribution in [0.15, 0.2) is 39.6 Å². The molecule has 0 saturated carbocycles. The molecule has 184 valence electrons. The van der Waals surface area contributed by atoms with Gasteiger partial charge in [-0.05, 0) is 53.6 Å². The van der Waals surface area contributed by atoms with E-state index in [0.717, 1.165) is 23.9 Å². The number of hydrogen-bond donors (Lipinski definition) is 1. The third-order valence-electron chi connectivity index (χ3n) is 4.86. The number of nitrogens with one attached hydrogen (secondary N) is 1. The molecule has 2 aromatic carbocycles. The molecule has 1 aliphatic rings. The maximum Gasteiger partial charge on any atom is 0.409 e. The highest BCUT2D eigenvalue weighted by molar-refractivity contribution is 7.99. The highest BCUT2D eigenvalue weighted by Crippen LogP contribution is 2.57. The molecule has 3 nitrogen and oxygen atoms in total. The lowest BCUT2D eigenvalue weighted by Crippen LogP contribution is -2.38. The number of thioether (sulfide) groups is 1. The predicted molar refractivity (Wildman–Crippen MR) is 125 cm³/mol. The van der Waals surface area contributed by atoms with E-state index in [-0.39, 0.29) is 36.8 Å². The van der Waals surface area contributed by atoms with Gasteiger partial charge in [0.05, 0.1) is 26.3 Å². The summed E-state index contributed by atoms with van der Waals surface area (Å²) in [5.41, 5.74) is 0.116. The van der Waals surface area contributed by atoms with Crippen LogP contribution in [0.25, 0.3) is 0 Å². The van der Waals surface area contributed by atoms with E-state index in [2.05, 4.69) is 4.40 Å². The van der Waals surface area contributed by atoms with Crippen molar-refractivity contribution in [2.75, 3.05) is 12.8 Å². The van der Waals surface area contributed by atoms with Gasteiger partial charge < -0.3 is 5.32 Å². The molecule has 0 bridgehead atoms. The Morgan fingerprint density at radius 1 is 1.12 bits per heavy atom. The van der Waals surface area contributed by atoms with Gasteiger partial charge in [-0.3, -0.25) is 4.79 Å². The molecule has 1 aliphatic heterocycles. The molecule has 0 spiro atoms. The second kappa shape index (κ2) is 10.0. The lowest BCUT2D eigenvalue weighted by molar-refractivity contribution is -0.159. The molecular weight excluding hydrogens is 569 g/mol. The van der Waals surface area contributed by atoms with Crippen LogP contribution in [0.5, 0.6) is 0 Å². The lowest BCUT2D eigenvalue weighted by Gasteiger charge is -2.30. The van der Waals surface area contributed by atoms with Gasteiger partial charge in [0.15, 0.2) is 4.75 Å². The third kappa shape index (κ3) is 5.59. The number of alkyl halides is 6. The van der Waals surface area contributed by atoms with E-state index in [1.807, 2.05) is 0 Å². The van der Waals surface area contributed by atoms with Crippen molar-refractivity contribution in [3.05, 3.63) is 62.1 Å². The van der Waals surface area contributed by atoms with Crippen molar-refractivity contribution >= 4 is 70.1 Å². The van der Waals surface area contributed by atoms with Gasteiger partial charge >= 0.3 is 12.4 Å². The van der Waals surface area contributed by atoms with Crippen molar-refractivity contribution in [3.8, 4) is 0 Å². The van der Waals surface area contributed by atoms with Gasteiger partial charge in [0.25, 0.3) is 5.91 Å². The Kier molecular flexibility index (Phi) is 8.04. The van der Waals surface area contributed by atoms with E-state index >= 15 is 0 Å². The molecule has 14 heteroatoms. The summed E-state index contributed by atoms with van der Waals surface area (Å²) in [7, 11) is 0. The lowest BCUT2D eigenvalue weighted by atomic mass is 9.89. The summed E-state index contributed by atoms with van der Waals surface area (Å²) in [6.07, 6.45) is -8.31. The monoisotopic (exact) mass is 580 g/mol. The minimum Gasteiger partial charge on any atom is -0.343 e. The summed E-state index contributed by atoms with van der Waals surface area (Å²) < 4.78 is 81.7. The zero-order valence-electron chi connectivity index (χ0n) is 16.9. The van der Waals surface area contributed by atoms with Gasteiger partial charge in [-0.25, -0.2) is 4.40 Å². The highest BCUT2D eigenvalue weighted by atomic mass is 35.5. The van der Waals surface area contributed by atoms with Gasteiger partial charge in [0.1, 0.15) is 6.54 Å². The Balaban J connectivity index is 1.94. The van der Waals surface area contributed by atoms with Gasteiger partial charge in [-0.2, -0.15) is 26.3 Å². The number of carbonyl (C=O) groups is 1. The zero-order valence-corrected chi connectivity index (χ0v) is 20.8. The third-order valence-corrected chi connectivity index (χ3v) is 8.07. The summed E-state index contributed by atoms with van der Waals surface area (Å²) in [5, 5.41) is 1.43. The second-order valence-electron chi connectivity index (χ2n) is 7.10. The topological polar surface area (TPSA) is 41.5 Å². The first-order valence-corrected chi connectivity index (χ1v) is 12.3. The van der Waals surface area contributed by atoms with E-state index in [1.54, 1.807) is 11.6 Å². The number of rotatable bonds is 5. The van der Waals surface area contributed by atoms with Gasteiger partial charge in [-0.15, -0.1) is 11.8 Å². The van der Waals surface area contributed by atoms with Crippen LogP contribution in [0, 0.1) is 0 Å². The molecule has 3 rings (SSSR count). The standard InChI is InChI=1S/C20H13Cl3F6N2OS2/c1-33-15-4-9(2-3-11(15)17(32)30-8-19(24,25)26)14-7-18(34-31-14,20(27,28)29)10-5-12(21)16(23)13(22)6-10/h2-6H,7-8H2,1H3,(H,30,32). The predicted octanol–water partition coefficient (Wildman–Crippen LogP) is 7.96. The molecular formula is C20H13Cl3F6N2OS2. The molecule has 0 aliphatic carbocycles. The van der Waals surface area contributed by atoms with Crippen LogP contribution in [-0.2, 0) is 4.75 Å². The van der Waals surface area contributed by atoms with Gasteiger partial charge in [0.2, 0.25) is 0 Å². The molecule has 0 radical (unpaired) electrons. The van der Waals surface area contributed by atoms with Crippen molar-refractivity contribution in [2.24, 2.45) is 4.40 Å².